The van der Waals surface area contributed by atoms with Gasteiger partial charge < -0.3 is 9.80 Å². The molecule has 0 aliphatic rings. The Morgan fingerprint density at radius 1 is 1.08 bits per heavy atom. The maximum absolute atomic E-state index is 11.4. The van der Waals surface area contributed by atoms with Crippen molar-refractivity contribution in [2.45, 2.75) is 13.3 Å². The Labute approximate surface area is 79.5 Å². The van der Waals surface area contributed by atoms with Crippen LogP contribution in [0.1, 0.15) is 13.3 Å². The first-order chi connectivity index (χ1) is 5.86. The number of nitrogens with zero attached hydrogens (tertiary/aromatic N) is 2. The smallest absolute Gasteiger partial charge is 0.225 e. The molecule has 0 aliphatic carbocycles. The lowest BCUT2D eigenvalue weighted by atomic mass is 10.1. The highest BCUT2D eigenvalue weighted by molar-refractivity contribution is 5.85. The van der Waals surface area contributed by atoms with Crippen molar-refractivity contribution >= 4 is 11.8 Å². The van der Waals surface area contributed by atoms with Gasteiger partial charge in [-0.15, -0.1) is 0 Å². The molecule has 0 saturated heterocycles. The summed E-state index contributed by atoms with van der Waals surface area (Å²) in [4.78, 5) is 25.6. The molecule has 0 N–H and O–H groups in total. The second-order valence-corrected chi connectivity index (χ2v) is 3.63. The van der Waals surface area contributed by atoms with E-state index in [1.807, 2.05) is 0 Å². The molecule has 0 saturated carbocycles. The molecule has 0 aromatic rings. The molecule has 1 unspecified atom stereocenters. The van der Waals surface area contributed by atoms with Gasteiger partial charge in [0.1, 0.15) is 0 Å². The van der Waals surface area contributed by atoms with Gasteiger partial charge >= 0.3 is 0 Å². The van der Waals surface area contributed by atoms with Crippen molar-refractivity contribution in [3.63, 3.8) is 0 Å². The van der Waals surface area contributed by atoms with Gasteiger partial charge in [0, 0.05) is 40.5 Å². The monoisotopic (exact) mass is 186 g/mol. The van der Waals surface area contributed by atoms with E-state index < -0.39 is 0 Å². The summed E-state index contributed by atoms with van der Waals surface area (Å²) < 4.78 is 0. The lowest BCUT2D eigenvalue weighted by Crippen LogP contribution is -2.32. The Morgan fingerprint density at radius 3 is 1.85 bits per heavy atom. The van der Waals surface area contributed by atoms with E-state index in [1.54, 1.807) is 35.1 Å². The van der Waals surface area contributed by atoms with Crippen LogP contribution in [0.2, 0.25) is 0 Å². The summed E-state index contributed by atoms with van der Waals surface area (Å²) >= 11 is 0. The van der Waals surface area contributed by atoms with E-state index in [2.05, 4.69) is 0 Å². The van der Waals surface area contributed by atoms with Gasteiger partial charge in [0.05, 0.1) is 0 Å². The minimum atomic E-state index is -0.232. The predicted octanol–water partition coefficient (Wildman–Crippen LogP) is 0.189. The number of amides is 2. The largest absolute Gasteiger partial charge is 0.349 e. The molecule has 0 rings (SSSR count). The Morgan fingerprint density at radius 2 is 1.54 bits per heavy atom. The van der Waals surface area contributed by atoms with Crippen molar-refractivity contribution < 1.29 is 9.59 Å². The summed E-state index contributed by atoms with van der Waals surface area (Å²) in [6.07, 6.45) is 0.282. The number of rotatable bonds is 3. The molecule has 0 fully saturated rings. The van der Waals surface area contributed by atoms with Crippen LogP contribution in [0.5, 0.6) is 0 Å². The van der Waals surface area contributed by atoms with Crippen LogP contribution >= 0.6 is 0 Å². The Bertz CT molecular complexity index is 200. The van der Waals surface area contributed by atoms with Gasteiger partial charge in [0.25, 0.3) is 0 Å². The zero-order valence-corrected chi connectivity index (χ0v) is 9.00. The maximum Gasteiger partial charge on any atom is 0.225 e. The van der Waals surface area contributed by atoms with Gasteiger partial charge in [-0.1, -0.05) is 6.92 Å². The van der Waals surface area contributed by atoms with E-state index in [4.69, 9.17) is 0 Å². The average molecular weight is 186 g/mol. The molecular formula is C9H18N2O2. The Balaban J connectivity index is 4.08. The highest BCUT2D eigenvalue weighted by Gasteiger charge is 2.18. The van der Waals surface area contributed by atoms with Crippen LogP contribution in [-0.4, -0.2) is 49.8 Å². The van der Waals surface area contributed by atoms with E-state index in [9.17, 15) is 9.59 Å². The van der Waals surface area contributed by atoms with E-state index in [1.165, 1.54) is 9.80 Å². The quantitative estimate of drug-likeness (QED) is 0.631. The van der Waals surface area contributed by atoms with Crippen molar-refractivity contribution in [3.05, 3.63) is 0 Å². The highest BCUT2D eigenvalue weighted by atomic mass is 16.2. The summed E-state index contributed by atoms with van der Waals surface area (Å²) in [7, 11) is 6.77. The third-order valence-corrected chi connectivity index (χ3v) is 1.84. The van der Waals surface area contributed by atoms with Crippen molar-refractivity contribution in [1.29, 1.82) is 0 Å². The minimum Gasteiger partial charge on any atom is -0.349 e. The third kappa shape index (κ3) is 3.92. The maximum atomic E-state index is 11.4. The van der Waals surface area contributed by atoms with Crippen molar-refractivity contribution in [2.24, 2.45) is 5.92 Å². The molecule has 0 aliphatic heterocycles. The molecule has 4 heteroatoms. The summed E-state index contributed by atoms with van der Waals surface area (Å²) in [5, 5.41) is 0. The first kappa shape index (κ1) is 11.9. The van der Waals surface area contributed by atoms with Crippen molar-refractivity contribution in [2.75, 3.05) is 28.2 Å². The minimum absolute atomic E-state index is 0.00444. The van der Waals surface area contributed by atoms with Crippen LogP contribution in [0, 0.1) is 5.92 Å². The van der Waals surface area contributed by atoms with Gasteiger partial charge in [-0.05, 0) is 0 Å². The van der Waals surface area contributed by atoms with Gasteiger partial charge in [-0.2, -0.15) is 0 Å². The molecule has 76 valence electrons. The van der Waals surface area contributed by atoms with Gasteiger partial charge in [-0.3, -0.25) is 9.59 Å². The normalized spacial score (nSPS) is 12.1. The molecule has 13 heavy (non-hydrogen) atoms. The van der Waals surface area contributed by atoms with Gasteiger partial charge in [0.15, 0.2) is 0 Å². The van der Waals surface area contributed by atoms with Crippen LogP contribution in [-0.2, 0) is 9.59 Å². The lowest BCUT2D eigenvalue weighted by molar-refractivity contribution is -0.138. The zero-order chi connectivity index (χ0) is 10.6. The molecule has 0 spiro atoms. The second-order valence-electron chi connectivity index (χ2n) is 3.63. The fourth-order valence-corrected chi connectivity index (χ4v) is 0.973. The molecule has 0 aromatic heterocycles. The Kier molecular flexibility index (Phi) is 4.45. The van der Waals surface area contributed by atoms with E-state index in [-0.39, 0.29) is 24.2 Å². The molecule has 0 aromatic carbocycles. The SMILES string of the molecule is CC(CC(=O)N(C)C)C(=O)N(C)C. The molecule has 0 bridgehead atoms. The second kappa shape index (κ2) is 4.84. The van der Waals surface area contributed by atoms with Gasteiger partial charge in [0.2, 0.25) is 11.8 Å². The van der Waals surface area contributed by atoms with E-state index in [0.29, 0.717) is 0 Å². The molecule has 2 amide bonds. The standard InChI is InChI=1S/C9H18N2O2/c1-7(9(13)11(4)5)6-8(12)10(2)3/h7H,6H2,1-5H3. The number of carbonyl (C=O) groups is 2. The van der Waals surface area contributed by atoms with E-state index in [0.717, 1.165) is 0 Å². The van der Waals surface area contributed by atoms with Crippen LogP contribution in [0.3, 0.4) is 0 Å². The van der Waals surface area contributed by atoms with E-state index >= 15 is 0 Å². The third-order valence-electron chi connectivity index (χ3n) is 1.84. The summed E-state index contributed by atoms with van der Waals surface area (Å²) in [6.45, 7) is 1.77. The van der Waals surface area contributed by atoms with Crippen molar-refractivity contribution in [1.82, 2.24) is 9.80 Å². The summed E-state index contributed by atoms with van der Waals surface area (Å²) in [5.41, 5.74) is 0. The highest BCUT2D eigenvalue weighted by Crippen LogP contribution is 2.06. The fourth-order valence-electron chi connectivity index (χ4n) is 0.973. The first-order valence-electron chi connectivity index (χ1n) is 4.27. The first-order valence-corrected chi connectivity index (χ1v) is 4.27. The van der Waals surface area contributed by atoms with Crippen LogP contribution in [0.25, 0.3) is 0 Å². The molecular weight excluding hydrogens is 168 g/mol. The fraction of sp³-hybridized carbons (Fsp3) is 0.778. The summed E-state index contributed by atoms with van der Waals surface area (Å²) in [5.74, 6) is -0.247. The Hall–Kier alpha value is -1.06. The van der Waals surface area contributed by atoms with Crippen LogP contribution in [0.15, 0.2) is 0 Å². The van der Waals surface area contributed by atoms with Crippen molar-refractivity contribution in [3.8, 4) is 0 Å². The topological polar surface area (TPSA) is 40.6 Å². The number of hydrogen-bond donors (Lipinski definition) is 0. The molecule has 0 heterocycles. The molecule has 4 nitrogen and oxygen atoms in total. The predicted molar refractivity (Wildman–Crippen MR) is 51.2 cm³/mol. The van der Waals surface area contributed by atoms with Crippen LogP contribution in [0.4, 0.5) is 0 Å². The number of hydrogen-bond acceptors (Lipinski definition) is 2. The summed E-state index contributed by atoms with van der Waals surface area (Å²) in [6, 6.07) is 0. The average Bonchev–Trinajstić information content (AvgIpc) is 2.02. The molecule has 1 atom stereocenters. The molecule has 0 radical (unpaired) electrons. The van der Waals surface area contributed by atoms with Crippen LogP contribution < -0.4 is 0 Å². The van der Waals surface area contributed by atoms with Gasteiger partial charge in [-0.25, -0.2) is 0 Å². The zero-order valence-electron chi connectivity index (χ0n) is 9.00. The lowest BCUT2D eigenvalue weighted by Gasteiger charge is -2.18. The number of carbonyl (C=O) groups excluding carboxylic acids is 2.